The van der Waals surface area contributed by atoms with Crippen molar-refractivity contribution in [3.05, 3.63) is 100 Å². The van der Waals surface area contributed by atoms with E-state index in [2.05, 4.69) is 20.3 Å². The average Bonchev–Trinajstić information content (AvgIpc) is 3.28. The first kappa shape index (κ1) is 20.3. The number of carbonyl (C=O) groups is 1. The number of hydrogen-bond acceptors (Lipinski definition) is 3. The molecule has 6 heteroatoms. The number of hydrogen-bond donors (Lipinski definition) is 3. The lowest BCUT2D eigenvalue weighted by Crippen LogP contribution is -2.33. The van der Waals surface area contributed by atoms with Crippen LogP contribution in [0.5, 0.6) is 0 Å². The van der Waals surface area contributed by atoms with Crippen molar-refractivity contribution < 1.29 is 4.79 Å². The minimum atomic E-state index is -0.429. The van der Waals surface area contributed by atoms with Crippen LogP contribution in [0.3, 0.4) is 0 Å². The van der Waals surface area contributed by atoms with Crippen LogP contribution in [0.1, 0.15) is 41.1 Å². The number of aryl methyl sites for hydroxylation is 1. The first-order valence-electron chi connectivity index (χ1n) is 10.3. The fourth-order valence-electron chi connectivity index (χ4n) is 3.51. The summed E-state index contributed by atoms with van der Waals surface area (Å²) < 4.78 is 0. The van der Waals surface area contributed by atoms with E-state index in [1.165, 1.54) is 0 Å². The van der Waals surface area contributed by atoms with E-state index >= 15 is 0 Å². The summed E-state index contributed by atoms with van der Waals surface area (Å²) in [6, 6.07) is 20.7. The van der Waals surface area contributed by atoms with Crippen molar-refractivity contribution in [2.75, 3.05) is 0 Å². The molecule has 0 spiro atoms. The average molecular weight is 412 g/mol. The molecule has 0 saturated heterocycles. The Kier molecular flexibility index (Phi) is 5.80. The lowest BCUT2D eigenvalue weighted by molar-refractivity contribution is 0.0932. The van der Waals surface area contributed by atoms with E-state index in [0.29, 0.717) is 17.9 Å². The van der Waals surface area contributed by atoms with Crippen LogP contribution in [0.15, 0.2) is 77.7 Å². The van der Waals surface area contributed by atoms with Crippen LogP contribution < -0.4 is 10.9 Å². The van der Waals surface area contributed by atoms with Gasteiger partial charge < -0.3 is 15.3 Å². The maximum absolute atomic E-state index is 12.8. The van der Waals surface area contributed by atoms with E-state index in [1.54, 1.807) is 18.3 Å². The Bertz CT molecular complexity index is 1260. The molecule has 0 aliphatic rings. The molecule has 2 heterocycles. The summed E-state index contributed by atoms with van der Waals surface area (Å²) in [4.78, 5) is 35.9. The highest BCUT2D eigenvalue weighted by Gasteiger charge is 2.19. The van der Waals surface area contributed by atoms with Crippen molar-refractivity contribution in [1.82, 2.24) is 20.3 Å². The van der Waals surface area contributed by atoms with Crippen LogP contribution in [0.25, 0.3) is 22.5 Å². The van der Waals surface area contributed by atoms with Crippen molar-refractivity contribution >= 4 is 5.91 Å². The molecule has 2 aromatic heterocycles. The second-order valence-corrected chi connectivity index (χ2v) is 7.47. The molecule has 4 rings (SSSR count). The van der Waals surface area contributed by atoms with Crippen LogP contribution in [0, 0.1) is 6.92 Å². The highest BCUT2D eigenvalue weighted by Crippen LogP contribution is 2.21. The Balaban J connectivity index is 1.53. The molecule has 3 N–H and O–H groups in total. The van der Waals surface area contributed by atoms with Gasteiger partial charge in [0.25, 0.3) is 11.5 Å². The van der Waals surface area contributed by atoms with Crippen molar-refractivity contribution in [2.24, 2.45) is 0 Å². The number of nitrogens with zero attached hydrogens (tertiary/aromatic N) is 1. The number of nitrogens with one attached hydrogen (secondary N) is 3. The molecule has 1 unspecified atom stereocenters. The van der Waals surface area contributed by atoms with Gasteiger partial charge in [0, 0.05) is 5.69 Å². The van der Waals surface area contributed by atoms with Gasteiger partial charge in [0.2, 0.25) is 0 Å². The smallest absolute Gasteiger partial charge is 0.261 e. The second-order valence-electron chi connectivity index (χ2n) is 7.47. The number of aromatic amines is 2. The van der Waals surface area contributed by atoms with E-state index in [1.807, 2.05) is 68.4 Å². The number of pyridine rings is 1. The quantitative estimate of drug-likeness (QED) is 0.431. The Morgan fingerprint density at radius 2 is 1.74 bits per heavy atom. The molecule has 0 fully saturated rings. The standard InChI is InChI=1S/C25H24N4O2/c1-3-20(23-26-15-22(27-23)17-9-5-4-6-10-17)28-24(30)19-12-13-21(29-25(19)31)18-11-7-8-16(2)14-18/h4-15,20H,3H2,1-2H3,(H,26,27)(H,28,30)(H,29,31). The number of imidazole rings is 1. The van der Waals surface area contributed by atoms with Gasteiger partial charge >= 0.3 is 0 Å². The van der Waals surface area contributed by atoms with Crippen LogP contribution in [-0.4, -0.2) is 20.9 Å². The van der Waals surface area contributed by atoms with Gasteiger partial charge in [0.05, 0.1) is 17.9 Å². The molecule has 0 aliphatic carbocycles. The highest BCUT2D eigenvalue weighted by atomic mass is 16.2. The van der Waals surface area contributed by atoms with E-state index in [4.69, 9.17) is 0 Å². The predicted molar refractivity (Wildman–Crippen MR) is 122 cm³/mol. The molecule has 1 amide bonds. The van der Waals surface area contributed by atoms with Gasteiger partial charge in [-0.25, -0.2) is 4.98 Å². The largest absolute Gasteiger partial charge is 0.342 e. The third kappa shape index (κ3) is 4.48. The molecule has 0 bridgehead atoms. The molecule has 0 radical (unpaired) electrons. The molecule has 0 aliphatic heterocycles. The summed E-state index contributed by atoms with van der Waals surface area (Å²) in [5.74, 6) is 0.226. The number of H-pyrrole nitrogens is 2. The topological polar surface area (TPSA) is 90.6 Å². The van der Waals surface area contributed by atoms with Gasteiger partial charge in [-0.1, -0.05) is 61.0 Å². The van der Waals surface area contributed by atoms with Crippen molar-refractivity contribution in [2.45, 2.75) is 26.3 Å². The van der Waals surface area contributed by atoms with E-state index in [-0.39, 0.29) is 11.6 Å². The van der Waals surface area contributed by atoms with Crippen LogP contribution in [0.2, 0.25) is 0 Å². The first-order valence-corrected chi connectivity index (χ1v) is 10.3. The Hall–Kier alpha value is -3.93. The van der Waals surface area contributed by atoms with E-state index < -0.39 is 11.5 Å². The van der Waals surface area contributed by atoms with Crippen molar-refractivity contribution in [3.8, 4) is 22.5 Å². The molecular weight excluding hydrogens is 388 g/mol. The summed E-state index contributed by atoms with van der Waals surface area (Å²) in [6.07, 6.45) is 2.38. The summed E-state index contributed by atoms with van der Waals surface area (Å²) in [6.45, 7) is 3.95. The van der Waals surface area contributed by atoms with Crippen LogP contribution in [-0.2, 0) is 0 Å². The van der Waals surface area contributed by atoms with Gasteiger partial charge in [-0.3, -0.25) is 9.59 Å². The minimum Gasteiger partial charge on any atom is -0.342 e. The van der Waals surface area contributed by atoms with E-state index in [9.17, 15) is 9.59 Å². The minimum absolute atomic E-state index is 0.0738. The van der Waals surface area contributed by atoms with Gasteiger partial charge in [-0.05, 0) is 42.7 Å². The summed E-state index contributed by atoms with van der Waals surface area (Å²) in [5, 5.41) is 2.92. The summed E-state index contributed by atoms with van der Waals surface area (Å²) in [5.41, 5.74) is 4.23. The SMILES string of the molecule is CCC(NC(=O)c1ccc(-c2cccc(C)c2)[nH]c1=O)c1ncc(-c2ccccc2)[nH]1. The third-order valence-electron chi connectivity index (χ3n) is 5.21. The monoisotopic (exact) mass is 412 g/mol. The molecule has 4 aromatic rings. The zero-order valence-electron chi connectivity index (χ0n) is 17.5. The third-order valence-corrected chi connectivity index (χ3v) is 5.21. The number of amides is 1. The van der Waals surface area contributed by atoms with Crippen molar-refractivity contribution in [1.29, 1.82) is 0 Å². The molecule has 31 heavy (non-hydrogen) atoms. The molecule has 1 atom stereocenters. The summed E-state index contributed by atoms with van der Waals surface area (Å²) in [7, 11) is 0. The fraction of sp³-hybridized carbons (Fsp3) is 0.160. The van der Waals surface area contributed by atoms with Gasteiger partial charge in [-0.15, -0.1) is 0 Å². The van der Waals surface area contributed by atoms with Crippen molar-refractivity contribution in [3.63, 3.8) is 0 Å². The zero-order chi connectivity index (χ0) is 21.8. The second kappa shape index (κ2) is 8.83. The molecule has 0 saturated carbocycles. The fourth-order valence-corrected chi connectivity index (χ4v) is 3.51. The maximum atomic E-state index is 12.8. The molecule has 2 aromatic carbocycles. The normalized spacial score (nSPS) is 11.8. The number of rotatable bonds is 6. The van der Waals surface area contributed by atoms with Gasteiger partial charge in [0.1, 0.15) is 11.4 Å². The lowest BCUT2D eigenvalue weighted by Gasteiger charge is -2.14. The van der Waals surface area contributed by atoms with Gasteiger partial charge in [-0.2, -0.15) is 0 Å². The number of benzene rings is 2. The highest BCUT2D eigenvalue weighted by molar-refractivity contribution is 5.94. The van der Waals surface area contributed by atoms with Gasteiger partial charge in [0.15, 0.2) is 0 Å². The van der Waals surface area contributed by atoms with E-state index in [0.717, 1.165) is 22.4 Å². The molecule has 156 valence electrons. The lowest BCUT2D eigenvalue weighted by atomic mass is 10.1. The molecule has 6 nitrogen and oxygen atoms in total. The van der Waals surface area contributed by atoms with Crippen LogP contribution in [0.4, 0.5) is 0 Å². The maximum Gasteiger partial charge on any atom is 0.261 e. The summed E-state index contributed by atoms with van der Waals surface area (Å²) >= 11 is 0. The first-order chi connectivity index (χ1) is 15.0. The Morgan fingerprint density at radius 1 is 0.968 bits per heavy atom. The molecular formula is C25H24N4O2. The number of carbonyl (C=O) groups excluding carboxylic acids is 1. The predicted octanol–water partition coefficient (Wildman–Crippen LogP) is 4.62. The Labute approximate surface area is 180 Å². The zero-order valence-corrected chi connectivity index (χ0v) is 17.5. The number of aromatic nitrogens is 3. The Morgan fingerprint density at radius 3 is 2.45 bits per heavy atom. The van der Waals surface area contributed by atoms with Crippen LogP contribution >= 0.6 is 0 Å².